The first-order valence-corrected chi connectivity index (χ1v) is 5.29. The fraction of sp³-hybridized carbons (Fsp3) is 0.900. The number of carbonyl (C=O) groups excluding carboxylic acids is 1. The van der Waals surface area contributed by atoms with Crippen molar-refractivity contribution in [3.8, 4) is 0 Å². The molecule has 1 aliphatic rings. The van der Waals surface area contributed by atoms with Gasteiger partial charge < -0.3 is 10.2 Å². The number of likely N-dealkylation sites (tertiary alicyclic amines) is 1. The van der Waals surface area contributed by atoms with Crippen molar-refractivity contribution in [3.63, 3.8) is 0 Å². The molecule has 1 atom stereocenters. The Balaban J connectivity index is 2.22. The number of carbonyl (C=O) groups is 1. The maximum absolute atomic E-state index is 10.3. The monoisotopic (exact) mass is 184 g/mol. The molecule has 3 heteroatoms. The highest BCUT2D eigenvalue weighted by Gasteiger charge is 2.15. The lowest BCUT2D eigenvalue weighted by Crippen LogP contribution is -2.39. The minimum atomic E-state index is 0.362. The molecule has 0 spiro atoms. The van der Waals surface area contributed by atoms with Crippen LogP contribution in [0.25, 0.3) is 0 Å². The van der Waals surface area contributed by atoms with Crippen LogP contribution in [0.2, 0.25) is 0 Å². The molecule has 0 unspecified atom stereocenters. The SMILES string of the molecule is CCC[C@@H](CN1CCCC1)NC=O. The van der Waals surface area contributed by atoms with Crippen LogP contribution in [-0.2, 0) is 4.79 Å². The predicted octanol–water partition coefficient (Wildman–Crippen LogP) is 0.997. The van der Waals surface area contributed by atoms with Gasteiger partial charge in [0.1, 0.15) is 0 Å². The molecule has 1 heterocycles. The number of hydrogen-bond acceptors (Lipinski definition) is 2. The molecule has 0 radical (unpaired) electrons. The molecule has 1 amide bonds. The average Bonchev–Trinajstić information content (AvgIpc) is 2.58. The zero-order valence-electron chi connectivity index (χ0n) is 8.46. The van der Waals surface area contributed by atoms with E-state index in [0.717, 1.165) is 25.8 Å². The Morgan fingerprint density at radius 2 is 2.15 bits per heavy atom. The van der Waals surface area contributed by atoms with Crippen molar-refractivity contribution in [3.05, 3.63) is 0 Å². The van der Waals surface area contributed by atoms with Gasteiger partial charge in [-0.3, -0.25) is 4.79 Å². The maximum atomic E-state index is 10.3. The first kappa shape index (κ1) is 10.5. The maximum Gasteiger partial charge on any atom is 0.207 e. The van der Waals surface area contributed by atoms with Crippen LogP contribution in [0, 0.1) is 0 Å². The fourth-order valence-electron chi connectivity index (χ4n) is 1.95. The van der Waals surface area contributed by atoms with Crippen LogP contribution in [0.15, 0.2) is 0 Å². The van der Waals surface area contributed by atoms with Gasteiger partial charge in [-0.2, -0.15) is 0 Å². The van der Waals surface area contributed by atoms with E-state index in [9.17, 15) is 4.79 Å². The second kappa shape index (κ2) is 5.97. The van der Waals surface area contributed by atoms with E-state index in [1.54, 1.807) is 0 Å². The summed E-state index contributed by atoms with van der Waals surface area (Å²) >= 11 is 0. The molecule has 76 valence electrons. The van der Waals surface area contributed by atoms with E-state index in [0.29, 0.717) is 6.04 Å². The molecular weight excluding hydrogens is 164 g/mol. The summed E-state index contributed by atoms with van der Waals surface area (Å²) in [4.78, 5) is 12.8. The van der Waals surface area contributed by atoms with E-state index < -0.39 is 0 Å². The van der Waals surface area contributed by atoms with Gasteiger partial charge in [-0.15, -0.1) is 0 Å². The number of nitrogens with zero attached hydrogens (tertiary/aromatic N) is 1. The van der Waals surface area contributed by atoms with Gasteiger partial charge in [0.25, 0.3) is 0 Å². The molecule has 1 saturated heterocycles. The van der Waals surface area contributed by atoms with E-state index >= 15 is 0 Å². The molecular formula is C10H20N2O. The Bertz CT molecular complexity index is 144. The Morgan fingerprint density at radius 3 is 2.69 bits per heavy atom. The molecule has 1 aliphatic heterocycles. The van der Waals surface area contributed by atoms with Gasteiger partial charge in [-0.05, 0) is 32.4 Å². The van der Waals surface area contributed by atoms with Crippen molar-refractivity contribution in [2.75, 3.05) is 19.6 Å². The average molecular weight is 184 g/mol. The summed E-state index contributed by atoms with van der Waals surface area (Å²) in [5.41, 5.74) is 0. The molecule has 13 heavy (non-hydrogen) atoms. The van der Waals surface area contributed by atoms with Crippen LogP contribution >= 0.6 is 0 Å². The van der Waals surface area contributed by atoms with Crippen LogP contribution in [0.4, 0.5) is 0 Å². The Kier molecular flexibility index (Phi) is 4.83. The molecule has 1 fully saturated rings. The van der Waals surface area contributed by atoms with Crippen LogP contribution in [0.5, 0.6) is 0 Å². The third kappa shape index (κ3) is 3.77. The highest BCUT2D eigenvalue weighted by Crippen LogP contribution is 2.09. The highest BCUT2D eigenvalue weighted by molar-refractivity contribution is 5.46. The van der Waals surface area contributed by atoms with Gasteiger partial charge in [-0.1, -0.05) is 13.3 Å². The Morgan fingerprint density at radius 1 is 1.46 bits per heavy atom. The lowest BCUT2D eigenvalue weighted by Gasteiger charge is -2.22. The Labute approximate surface area is 80.5 Å². The van der Waals surface area contributed by atoms with E-state index in [1.807, 2.05) is 0 Å². The summed E-state index contributed by atoms with van der Waals surface area (Å²) in [6.45, 7) is 5.61. The fourth-order valence-corrected chi connectivity index (χ4v) is 1.95. The zero-order chi connectivity index (χ0) is 9.52. The molecule has 0 bridgehead atoms. The topological polar surface area (TPSA) is 32.3 Å². The molecule has 3 nitrogen and oxygen atoms in total. The van der Waals surface area contributed by atoms with Crippen LogP contribution in [0.1, 0.15) is 32.6 Å². The quantitative estimate of drug-likeness (QED) is 0.624. The van der Waals surface area contributed by atoms with Crippen molar-refractivity contribution >= 4 is 6.41 Å². The molecule has 1 N–H and O–H groups in total. The first-order chi connectivity index (χ1) is 6.36. The van der Waals surface area contributed by atoms with Gasteiger partial charge in [-0.25, -0.2) is 0 Å². The third-order valence-electron chi connectivity index (χ3n) is 2.62. The normalized spacial score (nSPS) is 20.1. The van der Waals surface area contributed by atoms with Gasteiger partial charge in [0, 0.05) is 12.6 Å². The van der Waals surface area contributed by atoms with Gasteiger partial charge in [0.05, 0.1) is 0 Å². The van der Waals surface area contributed by atoms with Crippen molar-refractivity contribution in [2.45, 2.75) is 38.6 Å². The van der Waals surface area contributed by atoms with E-state index in [2.05, 4.69) is 17.1 Å². The highest BCUT2D eigenvalue weighted by atomic mass is 16.1. The number of rotatable bonds is 6. The third-order valence-corrected chi connectivity index (χ3v) is 2.62. The molecule has 0 saturated carbocycles. The number of amides is 1. The summed E-state index contributed by atoms with van der Waals surface area (Å²) in [6.07, 6.45) is 5.70. The minimum Gasteiger partial charge on any atom is -0.355 e. The standard InChI is InChI=1S/C10H20N2O/c1-2-5-10(11-9-13)8-12-6-3-4-7-12/h9-10H,2-8H2,1H3,(H,11,13)/t10-/m0/s1. The van der Waals surface area contributed by atoms with Gasteiger partial charge in [0.15, 0.2) is 0 Å². The molecule has 0 aromatic carbocycles. The molecule has 0 aromatic rings. The second-order valence-electron chi connectivity index (χ2n) is 3.78. The molecule has 0 aliphatic carbocycles. The van der Waals surface area contributed by atoms with Gasteiger partial charge >= 0.3 is 0 Å². The number of hydrogen-bond donors (Lipinski definition) is 1. The summed E-state index contributed by atoms with van der Waals surface area (Å²) < 4.78 is 0. The molecule has 0 aromatic heterocycles. The lowest BCUT2D eigenvalue weighted by molar-refractivity contribution is -0.110. The second-order valence-corrected chi connectivity index (χ2v) is 3.78. The Hall–Kier alpha value is -0.570. The number of nitrogens with one attached hydrogen (secondary N) is 1. The van der Waals surface area contributed by atoms with Crippen molar-refractivity contribution in [2.24, 2.45) is 0 Å². The van der Waals surface area contributed by atoms with Crippen molar-refractivity contribution in [1.82, 2.24) is 10.2 Å². The van der Waals surface area contributed by atoms with Crippen LogP contribution in [-0.4, -0.2) is 37.0 Å². The predicted molar refractivity (Wildman–Crippen MR) is 53.6 cm³/mol. The smallest absolute Gasteiger partial charge is 0.207 e. The minimum absolute atomic E-state index is 0.362. The zero-order valence-corrected chi connectivity index (χ0v) is 8.46. The first-order valence-electron chi connectivity index (χ1n) is 5.29. The summed E-state index contributed by atoms with van der Waals surface area (Å²) in [5, 5.41) is 2.89. The summed E-state index contributed by atoms with van der Waals surface area (Å²) in [5.74, 6) is 0. The van der Waals surface area contributed by atoms with Crippen molar-refractivity contribution < 1.29 is 4.79 Å². The van der Waals surface area contributed by atoms with E-state index in [4.69, 9.17) is 0 Å². The largest absolute Gasteiger partial charge is 0.355 e. The van der Waals surface area contributed by atoms with Crippen LogP contribution < -0.4 is 5.32 Å². The summed E-state index contributed by atoms with van der Waals surface area (Å²) in [7, 11) is 0. The summed E-state index contributed by atoms with van der Waals surface area (Å²) in [6, 6.07) is 0.362. The molecule has 1 rings (SSSR count). The van der Waals surface area contributed by atoms with Gasteiger partial charge in [0.2, 0.25) is 6.41 Å². The van der Waals surface area contributed by atoms with E-state index in [-0.39, 0.29) is 0 Å². The van der Waals surface area contributed by atoms with E-state index in [1.165, 1.54) is 25.9 Å². The lowest BCUT2D eigenvalue weighted by atomic mass is 10.1. The van der Waals surface area contributed by atoms with Crippen LogP contribution in [0.3, 0.4) is 0 Å². The van der Waals surface area contributed by atoms with Crippen molar-refractivity contribution in [1.29, 1.82) is 0 Å².